The molecule has 3 aromatic heterocycles. The molecule has 0 unspecified atom stereocenters. The Morgan fingerprint density at radius 3 is 1.92 bits per heavy atom. The van der Waals surface area contributed by atoms with Crippen molar-refractivity contribution in [1.29, 1.82) is 0 Å². The summed E-state index contributed by atoms with van der Waals surface area (Å²) in [6.45, 7) is 4.08. The topological polar surface area (TPSA) is 43.6 Å². The zero-order chi connectivity index (χ0) is 17.2. The highest BCUT2D eigenvalue weighted by Crippen LogP contribution is 2.09. The van der Waals surface area contributed by atoms with Crippen molar-refractivity contribution in [2.45, 2.75) is 13.8 Å². The molecule has 0 saturated carbocycles. The lowest BCUT2D eigenvalue weighted by atomic mass is 10.2. The van der Waals surface area contributed by atoms with Crippen LogP contribution in [-0.2, 0) is 7.05 Å². The first-order chi connectivity index (χ1) is 11.6. The molecule has 0 radical (unpaired) electrons. The van der Waals surface area contributed by atoms with Crippen LogP contribution in [0.3, 0.4) is 0 Å². The van der Waals surface area contributed by atoms with E-state index in [9.17, 15) is 0 Å². The summed E-state index contributed by atoms with van der Waals surface area (Å²) in [5.41, 5.74) is 2.45. The number of aryl methyl sites for hydroxylation is 3. The van der Waals surface area contributed by atoms with Gasteiger partial charge in [-0.15, -0.1) is 0 Å². The second kappa shape index (κ2) is 9.20. The Morgan fingerprint density at radius 1 is 0.750 bits per heavy atom. The first-order valence-corrected chi connectivity index (χ1v) is 7.74. The van der Waals surface area contributed by atoms with E-state index in [1.165, 1.54) is 21.9 Å². The van der Waals surface area contributed by atoms with Crippen LogP contribution < -0.4 is 0 Å². The standard InChI is InChI=1S/C9H7N.C7H9N.C4H6N2/c1-2-4-9-7-10-6-5-8(9)3-1;1-6-3-7(2)5-8-4-6;1-6-3-2-5-4-6/h1-7H;3-5H,1-2H3;2-4H,1H3. The number of benzene rings is 1. The molecule has 0 N–H and O–H groups in total. The van der Waals surface area contributed by atoms with E-state index in [0.717, 1.165) is 0 Å². The molecule has 4 aromatic rings. The summed E-state index contributed by atoms with van der Waals surface area (Å²) in [4.78, 5) is 11.8. The number of hydrogen-bond acceptors (Lipinski definition) is 3. The van der Waals surface area contributed by atoms with Crippen molar-refractivity contribution < 1.29 is 0 Å². The predicted octanol–water partition coefficient (Wildman–Crippen LogP) is 4.35. The molecule has 0 atom stereocenters. The van der Waals surface area contributed by atoms with E-state index >= 15 is 0 Å². The molecule has 3 heterocycles. The second-order valence-corrected chi connectivity index (χ2v) is 5.49. The molecule has 0 saturated heterocycles. The van der Waals surface area contributed by atoms with Crippen LogP contribution in [0.4, 0.5) is 0 Å². The molecule has 0 bridgehead atoms. The second-order valence-electron chi connectivity index (χ2n) is 5.49. The number of rotatable bonds is 0. The van der Waals surface area contributed by atoms with Crippen LogP contribution in [0.2, 0.25) is 0 Å². The average Bonchev–Trinajstić information content (AvgIpc) is 3.07. The molecule has 0 aliphatic heterocycles. The Labute approximate surface area is 142 Å². The van der Waals surface area contributed by atoms with Crippen molar-refractivity contribution in [2.24, 2.45) is 7.05 Å². The van der Waals surface area contributed by atoms with Gasteiger partial charge in [0.15, 0.2) is 0 Å². The zero-order valence-corrected chi connectivity index (χ0v) is 14.3. The molecule has 0 amide bonds. The third-order valence-corrected chi connectivity index (χ3v) is 3.20. The van der Waals surface area contributed by atoms with Gasteiger partial charge in [-0.1, -0.05) is 30.3 Å². The molecule has 4 nitrogen and oxygen atoms in total. The molecule has 24 heavy (non-hydrogen) atoms. The van der Waals surface area contributed by atoms with Crippen molar-refractivity contribution in [3.63, 3.8) is 0 Å². The fraction of sp³-hybridized carbons (Fsp3) is 0.150. The van der Waals surface area contributed by atoms with Crippen molar-refractivity contribution in [3.8, 4) is 0 Å². The lowest BCUT2D eigenvalue weighted by molar-refractivity contribution is 0.913. The number of hydrogen-bond donors (Lipinski definition) is 0. The first-order valence-electron chi connectivity index (χ1n) is 7.74. The number of fused-ring (bicyclic) bond motifs is 1. The molecule has 4 heteroatoms. The third kappa shape index (κ3) is 6.01. The molecule has 122 valence electrons. The minimum absolute atomic E-state index is 1.20. The zero-order valence-electron chi connectivity index (χ0n) is 14.3. The maximum Gasteiger partial charge on any atom is 0.0943 e. The van der Waals surface area contributed by atoms with Crippen LogP contribution in [0, 0.1) is 13.8 Å². The predicted molar refractivity (Wildman–Crippen MR) is 98.7 cm³/mol. The largest absolute Gasteiger partial charge is 0.341 e. The van der Waals surface area contributed by atoms with Crippen molar-refractivity contribution in [1.82, 2.24) is 19.5 Å². The number of aromatic nitrogens is 4. The Kier molecular flexibility index (Phi) is 6.65. The highest BCUT2D eigenvalue weighted by Gasteiger charge is 1.86. The fourth-order valence-corrected chi connectivity index (χ4v) is 2.06. The van der Waals surface area contributed by atoms with Crippen molar-refractivity contribution in [3.05, 3.63) is 91.0 Å². The number of nitrogens with zero attached hydrogens (tertiary/aromatic N) is 4. The van der Waals surface area contributed by atoms with Gasteiger partial charge in [0.05, 0.1) is 6.33 Å². The smallest absolute Gasteiger partial charge is 0.0943 e. The first kappa shape index (κ1) is 17.3. The molecule has 4 rings (SSSR count). The molecule has 0 aliphatic rings. The quantitative estimate of drug-likeness (QED) is 0.484. The van der Waals surface area contributed by atoms with E-state index in [1.807, 2.05) is 74.6 Å². The van der Waals surface area contributed by atoms with Crippen LogP contribution in [0.15, 0.2) is 79.9 Å². The molecule has 0 aliphatic carbocycles. The number of pyridine rings is 2. The van der Waals surface area contributed by atoms with E-state index in [2.05, 4.69) is 33.2 Å². The van der Waals surface area contributed by atoms with Gasteiger partial charge in [-0.05, 0) is 41.8 Å². The summed E-state index contributed by atoms with van der Waals surface area (Å²) < 4.78 is 1.89. The van der Waals surface area contributed by atoms with Crippen LogP contribution >= 0.6 is 0 Å². The highest BCUT2D eigenvalue weighted by atomic mass is 15.0. The average molecular weight is 318 g/mol. The van der Waals surface area contributed by atoms with E-state index in [1.54, 1.807) is 12.5 Å². The van der Waals surface area contributed by atoms with E-state index in [-0.39, 0.29) is 0 Å². The third-order valence-electron chi connectivity index (χ3n) is 3.20. The summed E-state index contributed by atoms with van der Waals surface area (Å²) in [6, 6.07) is 12.3. The van der Waals surface area contributed by atoms with Gasteiger partial charge in [-0.3, -0.25) is 9.97 Å². The minimum atomic E-state index is 1.20. The molecular formula is C20H22N4. The van der Waals surface area contributed by atoms with Gasteiger partial charge in [-0.25, -0.2) is 4.98 Å². The lowest BCUT2D eigenvalue weighted by Gasteiger charge is -1.91. The van der Waals surface area contributed by atoms with Gasteiger partial charge in [0.1, 0.15) is 0 Å². The molecule has 0 spiro atoms. The van der Waals surface area contributed by atoms with E-state index in [4.69, 9.17) is 0 Å². The van der Waals surface area contributed by atoms with Crippen molar-refractivity contribution in [2.75, 3.05) is 0 Å². The Balaban J connectivity index is 0.000000135. The normalized spacial score (nSPS) is 9.46. The van der Waals surface area contributed by atoms with E-state index in [0.29, 0.717) is 0 Å². The van der Waals surface area contributed by atoms with Gasteiger partial charge in [0, 0.05) is 44.2 Å². The van der Waals surface area contributed by atoms with Crippen LogP contribution in [0.25, 0.3) is 10.8 Å². The Bertz CT molecular complexity index is 772. The van der Waals surface area contributed by atoms with Crippen LogP contribution in [0.5, 0.6) is 0 Å². The van der Waals surface area contributed by atoms with Gasteiger partial charge in [0.25, 0.3) is 0 Å². The number of imidazole rings is 1. The summed E-state index contributed by atoms with van der Waals surface area (Å²) in [7, 11) is 1.94. The van der Waals surface area contributed by atoms with Gasteiger partial charge >= 0.3 is 0 Å². The Hall–Kier alpha value is -3.01. The van der Waals surface area contributed by atoms with Crippen LogP contribution in [0.1, 0.15) is 11.1 Å². The molecule has 0 fully saturated rings. The minimum Gasteiger partial charge on any atom is -0.341 e. The van der Waals surface area contributed by atoms with Crippen molar-refractivity contribution >= 4 is 10.8 Å². The summed E-state index contributed by atoms with van der Waals surface area (Å²) in [6.07, 6.45) is 12.8. The van der Waals surface area contributed by atoms with Gasteiger partial charge in [-0.2, -0.15) is 0 Å². The highest BCUT2D eigenvalue weighted by molar-refractivity contribution is 5.80. The summed E-state index contributed by atoms with van der Waals surface area (Å²) in [5, 5.41) is 2.45. The SMILES string of the molecule is Cc1cncc(C)c1.Cn1ccnc1.c1ccc2cnccc2c1. The van der Waals surface area contributed by atoms with Gasteiger partial charge in [0.2, 0.25) is 0 Å². The monoisotopic (exact) mass is 318 g/mol. The maximum absolute atomic E-state index is 4.01. The fourth-order valence-electron chi connectivity index (χ4n) is 2.06. The summed E-state index contributed by atoms with van der Waals surface area (Å²) in [5.74, 6) is 0. The van der Waals surface area contributed by atoms with Gasteiger partial charge < -0.3 is 4.57 Å². The maximum atomic E-state index is 4.01. The summed E-state index contributed by atoms with van der Waals surface area (Å²) >= 11 is 0. The Morgan fingerprint density at radius 2 is 1.46 bits per heavy atom. The molecule has 1 aromatic carbocycles. The lowest BCUT2D eigenvalue weighted by Crippen LogP contribution is -1.76. The van der Waals surface area contributed by atoms with Crippen LogP contribution in [-0.4, -0.2) is 19.5 Å². The van der Waals surface area contributed by atoms with E-state index < -0.39 is 0 Å². The molecular weight excluding hydrogens is 296 g/mol.